The van der Waals surface area contributed by atoms with Gasteiger partial charge in [0.25, 0.3) is 0 Å². The molecule has 5 aliphatic rings. The van der Waals surface area contributed by atoms with Crippen molar-refractivity contribution in [3.63, 3.8) is 0 Å². The first-order valence-corrected chi connectivity index (χ1v) is 18.0. The molecule has 0 radical (unpaired) electrons. The van der Waals surface area contributed by atoms with Gasteiger partial charge in [-0.05, 0) is 43.7 Å². The molecule has 0 amide bonds. The fourth-order valence-electron chi connectivity index (χ4n) is 11.9. The number of ether oxygens (including phenoxy) is 6. The van der Waals surface area contributed by atoms with Crippen LogP contribution in [0.25, 0.3) is 0 Å². The largest absolute Gasteiger partial charge is 0.472 e. The Hall–Kier alpha value is -3.45. The Bertz CT molecular complexity index is 1590. The maximum atomic E-state index is 14.0. The molecule has 1 aliphatic heterocycles. The van der Waals surface area contributed by atoms with Crippen molar-refractivity contribution in [2.24, 2.45) is 39.4 Å². The monoisotopic (exact) mass is 716 g/mol. The summed E-state index contributed by atoms with van der Waals surface area (Å²) in [6, 6.07) is 1.86. The van der Waals surface area contributed by atoms with E-state index in [2.05, 4.69) is 0 Å². The molecule has 4 saturated carbocycles. The molecule has 0 bridgehead atoms. The lowest BCUT2D eigenvalue weighted by Gasteiger charge is -2.72. The van der Waals surface area contributed by atoms with Crippen LogP contribution in [0.5, 0.6) is 0 Å². The summed E-state index contributed by atoms with van der Waals surface area (Å²) in [4.78, 5) is 67.1. The standard InChI is InChI=1S/C38H52O13/c1-11-18(2)32(43)50-31-29(49-21(5)41)30-35(7)24(34(6,33(44)45-10)25(42)16-26(35)47-19(3)39)15-27(48-20(4)40)37(30,9)38-28(51-38)14-23(36(31,38)8)22-12-13-46-17-22/h12-13,17-18,23-31,42H,11,14-16H2,1-10H3/t18-,23+,24+,25-,26+,27-,28-,29-,30?,31+,34+,35-,36-,37-,38-/m1/s1. The highest BCUT2D eigenvalue weighted by Crippen LogP contribution is 2.83. The molecule has 5 fully saturated rings. The molecule has 2 heterocycles. The van der Waals surface area contributed by atoms with E-state index in [1.165, 1.54) is 27.9 Å². The number of methoxy groups -OCH3 is 1. The fourth-order valence-corrected chi connectivity index (χ4v) is 11.9. The van der Waals surface area contributed by atoms with Crippen LogP contribution >= 0.6 is 0 Å². The number of carbonyl (C=O) groups excluding carboxylic acids is 5. The molecular formula is C38H52O13. The smallest absolute Gasteiger partial charge is 0.314 e. The summed E-state index contributed by atoms with van der Waals surface area (Å²) in [5, 5.41) is 11.8. The third-order valence-corrected chi connectivity index (χ3v) is 14.2. The highest BCUT2D eigenvalue weighted by molar-refractivity contribution is 5.78. The van der Waals surface area contributed by atoms with Crippen LogP contribution in [-0.2, 0) is 52.4 Å². The predicted octanol–water partition coefficient (Wildman–Crippen LogP) is 4.27. The van der Waals surface area contributed by atoms with E-state index < -0.39 is 111 Å². The van der Waals surface area contributed by atoms with Gasteiger partial charge >= 0.3 is 29.8 Å². The first-order valence-electron chi connectivity index (χ1n) is 18.0. The summed E-state index contributed by atoms with van der Waals surface area (Å²) in [6.45, 7) is 14.9. The Balaban J connectivity index is 1.70. The number of aliphatic hydroxyl groups excluding tert-OH is 1. The molecule has 1 N–H and O–H groups in total. The van der Waals surface area contributed by atoms with E-state index >= 15 is 0 Å². The summed E-state index contributed by atoms with van der Waals surface area (Å²) in [5.41, 5.74) is -5.41. The van der Waals surface area contributed by atoms with Crippen LogP contribution < -0.4 is 0 Å². The van der Waals surface area contributed by atoms with Crippen molar-refractivity contribution >= 4 is 29.8 Å². The van der Waals surface area contributed by atoms with Crippen molar-refractivity contribution in [2.45, 2.75) is 136 Å². The van der Waals surface area contributed by atoms with Gasteiger partial charge < -0.3 is 37.9 Å². The number of carbonyl (C=O) groups is 5. The molecular weight excluding hydrogens is 664 g/mol. The molecule has 13 nitrogen and oxygen atoms in total. The topological polar surface area (TPSA) is 177 Å². The van der Waals surface area contributed by atoms with E-state index in [4.69, 9.17) is 32.8 Å². The first kappa shape index (κ1) is 37.3. The van der Waals surface area contributed by atoms with E-state index in [9.17, 15) is 29.1 Å². The Morgan fingerprint density at radius 2 is 1.53 bits per heavy atom. The second-order valence-corrected chi connectivity index (χ2v) is 16.3. The number of furan rings is 1. The zero-order valence-electron chi connectivity index (χ0n) is 31.2. The summed E-state index contributed by atoms with van der Waals surface area (Å²) in [6.07, 6.45) is -1.88. The van der Waals surface area contributed by atoms with Gasteiger partial charge in [-0.2, -0.15) is 0 Å². The number of esters is 5. The van der Waals surface area contributed by atoms with Gasteiger partial charge in [0, 0.05) is 55.3 Å². The van der Waals surface area contributed by atoms with Crippen LogP contribution in [0.2, 0.25) is 0 Å². The van der Waals surface area contributed by atoms with Crippen molar-refractivity contribution < 1.29 is 61.9 Å². The normalized spacial score (nSPS) is 45.4. The minimum atomic E-state index is -1.58. The van der Waals surface area contributed by atoms with Gasteiger partial charge in [0.15, 0.2) is 0 Å². The van der Waals surface area contributed by atoms with Crippen LogP contribution in [0, 0.1) is 39.4 Å². The molecule has 0 aromatic carbocycles. The van der Waals surface area contributed by atoms with Gasteiger partial charge in [0.05, 0.1) is 43.2 Å². The summed E-state index contributed by atoms with van der Waals surface area (Å²) < 4.78 is 43.1. The Morgan fingerprint density at radius 3 is 2.08 bits per heavy atom. The zero-order chi connectivity index (χ0) is 37.6. The molecule has 1 saturated heterocycles. The molecule has 4 aliphatic carbocycles. The molecule has 15 atom stereocenters. The van der Waals surface area contributed by atoms with Crippen molar-refractivity contribution in [3.05, 3.63) is 24.2 Å². The molecule has 1 spiro atoms. The van der Waals surface area contributed by atoms with Gasteiger partial charge in [0.1, 0.15) is 30.0 Å². The summed E-state index contributed by atoms with van der Waals surface area (Å²) >= 11 is 0. The highest BCUT2D eigenvalue weighted by Gasteiger charge is 2.93. The average molecular weight is 717 g/mol. The Morgan fingerprint density at radius 1 is 0.902 bits per heavy atom. The molecule has 1 aromatic heterocycles. The third kappa shape index (κ3) is 4.81. The maximum Gasteiger partial charge on any atom is 0.314 e. The van der Waals surface area contributed by atoms with E-state index in [1.807, 2.05) is 33.8 Å². The summed E-state index contributed by atoms with van der Waals surface area (Å²) in [5.74, 6) is -5.60. The molecule has 1 aromatic rings. The quantitative estimate of drug-likeness (QED) is 0.229. The molecule has 282 valence electrons. The Labute approximate surface area is 298 Å². The van der Waals surface area contributed by atoms with Gasteiger partial charge in [-0.1, -0.05) is 34.6 Å². The summed E-state index contributed by atoms with van der Waals surface area (Å²) in [7, 11) is 1.24. The predicted molar refractivity (Wildman–Crippen MR) is 176 cm³/mol. The van der Waals surface area contributed by atoms with Crippen LogP contribution in [0.3, 0.4) is 0 Å². The van der Waals surface area contributed by atoms with Gasteiger partial charge in [-0.25, -0.2) is 0 Å². The third-order valence-electron chi connectivity index (χ3n) is 14.2. The number of hydrogen-bond donors (Lipinski definition) is 1. The second-order valence-electron chi connectivity index (χ2n) is 16.3. The van der Waals surface area contributed by atoms with Crippen LogP contribution in [0.15, 0.2) is 23.0 Å². The molecule has 1 unspecified atom stereocenters. The maximum absolute atomic E-state index is 14.0. The van der Waals surface area contributed by atoms with E-state index in [0.717, 1.165) is 5.56 Å². The molecule has 13 heteroatoms. The van der Waals surface area contributed by atoms with E-state index in [-0.39, 0.29) is 18.8 Å². The minimum Gasteiger partial charge on any atom is -0.472 e. The van der Waals surface area contributed by atoms with Crippen molar-refractivity contribution in [3.8, 4) is 0 Å². The fraction of sp³-hybridized carbons (Fsp3) is 0.763. The van der Waals surface area contributed by atoms with Crippen molar-refractivity contribution in [2.75, 3.05) is 7.11 Å². The number of epoxide rings is 1. The number of fused-ring (bicyclic) bond motifs is 3. The highest BCUT2D eigenvalue weighted by atomic mass is 16.6. The lowest BCUT2D eigenvalue weighted by molar-refractivity contribution is -0.330. The average Bonchev–Trinajstić information content (AvgIpc) is 3.41. The minimum absolute atomic E-state index is 0.0535. The zero-order valence-corrected chi connectivity index (χ0v) is 31.2. The first-order chi connectivity index (χ1) is 23.8. The van der Waals surface area contributed by atoms with Crippen molar-refractivity contribution in [1.82, 2.24) is 0 Å². The molecule has 51 heavy (non-hydrogen) atoms. The lowest BCUT2D eigenvalue weighted by Crippen LogP contribution is -2.81. The number of aliphatic hydroxyl groups is 1. The Kier molecular flexibility index (Phi) is 9.01. The molecule has 6 rings (SSSR count). The second kappa shape index (κ2) is 12.3. The lowest BCUT2D eigenvalue weighted by atomic mass is 9.33. The number of rotatable bonds is 8. The SMILES string of the molecule is CC[C@@H](C)C(=O)O[C@H]1[C@H](OC(C)=O)C2[C@@]3(C)[C@@H](OC(C)=O)C[C@@H](O)[C@@](C)(C(=O)OC)[C@@H]3C[C@@H](OC(C)=O)[C@@]2(C)[C@@]23O[C@@H]2C[C@@H](c2ccoc2)[C@]13C. The van der Waals surface area contributed by atoms with Crippen molar-refractivity contribution in [1.29, 1.82) is 0 Å². The van der Waals surface area contributed by atoms with E-state index in [1.54, 1.807) is 26.4 Å². The van der Waals surface area contributed by atoms with Crippen LogP contribution in [0.4, 0.5) is 0 Å². The van der Waals surface area contributed by atoms with E-state index in [0.29, 0.717) is 12.8 Å². The van der Waals surface area contributed by atoms with Gasteiger partial charge in [0.2, 0.25) is 0 Å². The number of hydrogen-bond acceptors (Lipinski definition) is 13. The van der Waals surface area contributed by atoms with Crippen LogP contribution in [0.1, 0.15) is 99.5 Å². The van der Waals surface area contributed by atoms with Gasteiger partial charge in [-0.15, -0.1) is 0 Å². The van der Waals surface area contributed by atoms with Gasteiger partial charge in [-0.3, -0.25) is 24.0 Å². The van der Waals surface area contributed by atoms with Crippen LogP contribution in [-0.4, -0.2) is 84.3 Å².